The Balaban J connectivity index is 2.10. The lowest BCUT2D eigenvalue weighted by atomic mass is 10.1. The Morgan fingerprint density at radius 1 is 0.893 bits per heavy atom. The van der Waals surface area contributed by atoms with Crippen molar-refractivity contribution in [3.63, 3.8) is 0 Å². The van der Waals surface area contributed by atoms with Crippen molar-refractivity contribution in [1.82, 2.24) is 4.90 Å². The molecule has 0 aliphatic heterocycles. The van der Waals surface area contributed by atoms with Gasteiger partial charge >= 0.3 is 0 Å². The third kappa shape index (κ3) is 5.19. The molecule has 148 valence electrons. The van der Waals surface area contributed by atoms with Gasteiger partial charge in [0, 0.05) is 30.9 Å². The molecule has 0 saturated carbocycles. The largest absolute Gasteiger partial charge is 0.332 e. The second-order valence-corrected chi connectivity index (χ2v) is 7.19. The average molecular weight is 381 g/mol. The molecule has 0 fully saturated rings. The Bertz CT molecular complexity index is 912. The van der Waals surface area contributed by atoms with Gasteiger partial charge in [-0.3, -0.25) is 14.4 Å². The van der Waals surface area contributed by atoms with Crippen molar-refractivity contribution >= 4 is 29.1 Å². The molecule has 0 unspecified atom stereocenters. The van der Waals surface area contributed by atoms with Crippen molar-refractivity contribution in [2.75, 3.05) is 24.2 Å². The summed E-state index contributed by atoms with van der Waals surface area (Å²) in [6, 6.07) is 9.10. The van der Waals surface area contributed by atoms with Crippen molar-refractivity contribution in [3.8, 4) is 0 Å². The third-order valence-corrected chi connectivity index (χ3v) is 4.46. The van der Waals surface area contributed by atoms with Crippen molar-refractivity contribution in [3.05, 3.63) is 58.1 Å². The Morgan fingerprint density at radius 2 is 1.50 bits per heavy atom. The summed E-state index contributed by atoms with van der Waals surface area (Å²) in [5, 5.41) is 5.61. The Morgan fingerprint density at radius 3 is 2.07 bits per heavy atom. The normalized spacial score (nSPS) is 10.4. The molecule has 0 atom stereocenters. The summed E-state index contributed by atoms with van der Waals surface area (Å²) in [6.07, 6.45) is 0. The molecule has 0 aromatic heterocycles. The fourth-order valence-corrected chi connectivity index (χ4v) is 3.14. The average Bonchev–Trinajstić information content (AvgIpc) is 2.59. The second kappa shape index (κ2) is 8.69. The predicted molar refractivity (Wildman–Crippen MR) is 112 cm³/mol. The van der Waals surface area contributed by atoms with Crippen LogP contribution in [0.15, 0.2) is 30.3 Å². The zero-order valence-electron chi connectivity index (χ0n) is 17.3. The summed E-state index contributed by atoms with van der Waals surface area (Å²) in [7, 11) is 1.58. The number of nitrogens with zero attached hydrogens (tertiary/aromatic N) is 1. The molecule has 2 aromatic rings. The predicted octanol–water partition coefficient (Wildman–Crippen LogP) is 3.59. The molecule has 0 aliphatic rings. The topological polar surface area (TPSA) is 78.5 Å². The van der Waals surface area contributed by atoms with Gasteiger partial charge in [-0.15, -0.1) is 0 Å². The molecule has 0 aliphatic carbocycles. The molecule has 0 radical (unpaired) electrons. The van der Waals surface area contributed by atoms with Gasteiger partial charge in [-0.1, -0.05) is 23.8 Å². The summed E-state index contributed by atoms with van der Waals surface area (Å²) in [4.78, 5) is 37.8. The number of nitrogens with one attached hydrogen (secondary N) is 2. The second-order valence-electron chi connectivity index (χ2n) is 7.19. The van der Waals surface area contributed by atoms with Crippen molar-refractivity contribution in [1.29, 1.82) is 0 Å². The first kappa shape index (κ1) is 21.2. The number of rotatable bonds is 5. The van der Waals surface area contributed by atoms with Crippen LogP contribution in [0.3, 0.4) is 0 Å². The van der Waals surface area contributed by atoms with Crippen LogP contribution in [0, 0.1) is 27.7 Å². The Kier molecular flexibility index (Phi) is 6.57. The van der Waals surface area contributed by atoms with Gasteiger partial charge < -0.3 is 15.5 Å². The van der Waals surface area contributed by atoms with E-state index in [4.69, 9.17) is 0 Å². The number of amides is 3. The number of likely N-dealkylation sites (N-methyl/N-ethyl adjacent to an activating group) is 1. The van der Waals surface area contributed by atoms with Crippen LogP contribution in [0.25, 0.3) is 0 Å². The van der Waals surface area contributed by atoms with Crippen LogP contribution < -0.4 is 10.6 Å². The van der Waals surface area contributed by atoms with E-state index in [1.807, 2.05) is 39.8 Å². The smallest absolute Gasteiger partial charge is 0.254 e. The molecule has 0 saturated heterocycles. The highest BCUT2D eigenvalue weighted by atomic mass is 16.2. The monoisotopic (exact) mass is 381 g/mol. The molecular weight excluding hydrogens is 354 g/mol. The lowest BCUT2D eigenvalue weighted by Crippen LogP contribution is -2.35. The maximum atomic E-state index is 12.7. The van der Waals surface area contributed by atoms with E-state index in [1.165, 1.54) is 11.8 Å². The first-order valence-corrected chi connectivity index (χ1v) is 9.10. The quantitative estimate of drug-likeness (QED) is 0.831. The minimum Gasteiger partial charge on any atom is -0.332 e. The minimum atomic E-state index is -0.292. The Labute approximate surface area is 165 Å². The van der Waals surface area contributed by atoms with Crippen LogP contribution in [-0.4, -0.2) is 36.2 Å². The van der Waals surface area contributed by atoms with E-state index in [9.17, 15) is 14.4 Å². The van der Waals surface area contributed by atoms with Crippen LogP contribution in [0.5, 0.6) is 0 Å². The van der Waals surface area contributed by atoms with E-state index >= 15 is 0 Å². The van der Waals surface area contributed by atoms with Gasteiger partial charge in [-0.05, 0) is 56.5 Å². The maximum absolute atomic E-state index is 12.7. The zero-order chi connectivity index (χ0) is 21.0. The highest BCUT2D eigenvalue weighted by Crippen LogP contribution is 2.22. The molecule has 6 heteroatoms. The summed E-state index contributed by atoms with van der Waals surface area (Å²) in [5.41, 5.74) is 5.73. The van der Waals surface area contributed by atoms with E-state index in [2.05, 4.69) is 10.6 Å². The number of carbonyl (C=O) groups excluding carboxylic acids is 3. The first-order valence-electron chi connectivity index (χ1n) is 9.10. The van der Waals surface area contributed by atoms with E-state index in [0.717, 1.165) is 27.9 Å². The molecule has 28 heavy (non-hydrogen) atoms. The molecule has 0 bridgehead atoms. The van der Waals surface area contributed by atoms with E-state index < -0.39 is 0 Å². The van der Waals surface area contributed by atoms with Gasteiger partial charge in [0.1, 0.15) is 0 Å². The number of aryl methyl sites for hydroxylation is 4. The van der Waals surface area contributed by atoms with Crippen LogP contribution in [0.4, 0.5) is 11.4 Å². The summed E-state index contributed by atoms with van der Waals surface area (Å²) >= 11 is 0. The molecular formula is C22H27N3O3. The van der Waals surface area contributed by atoms with Gasteiger partial charge in [-0.25, -0.2) is 0 Å². The van der Waals surface area contributed by atoms with Gasteiger partial charge in [0.2, 0.25) is 11.8 Å². The lowest BCUT2D eigenvalue weighted by molar-refractivity contribution is -0.116. The molecule has 3 amide bonds. The summed E-state index contributed by atoms with van der Waals surface area (Å²) in [5.74, 6) is -0.761. The number of carbonyl (C=O) groups is 3. The Hall–Kier alpha value is -3.15. The lowest BCUT2D eigenvalue weighted by Gasteiger charge is -2.19. The highest BCUT2D eigenvalue weighted by Gasteiger charge is 2.17. The first-order chi connectivity index (χ1) is 13.1. The van der Waals surface area contributed by atoms with Crippen molar-refractivity contribution < 1.29 is 14.4 Å². The maximum Gasteiger partial charge on any atom is 0.254 e. The number of anilines is 2. The molecule has 0 heterocycles. The van der Waals surface area contributed by atoms with E-state index in [-0.39, 0.29) is 24.3 Å². The zero-order valence-corrected chi connectivity index (χ0v) is 17.3. The van der Waals surface area contributed by atoms with Gasteiger partial charge in [-0.2, -0.15) is 0 Å². The molecule has 6 nitrogen and oxygen atoms in total. The standard InChI is InChI=1S/C22H27N3O3/c1-13-9-15(3)21(16(4)10-13)24-20(27)12-25(6)22(28)18-8-7-14(2)19(11-18)23-17(5)26/h7-11H,12H2,1-6H3,(H,23,26)(H,24,27). The van der Waals surface area contributed by atoms with Crippen LogP contribution in [0.2, 0.25) is 0 Å². The van der Waals surface area contributed by atoms with Gasteiger partial charge in [0.05, 0.1) is 6.54 Å². The fourth-order valence-electron chi connectivity index (χ4n) is 3.14. The van der Waals surface area contributed by atoms with E-state index in [0.29, 0.717) is 11.3 Å². The van der Waals surface area contributed by atoms with Gasteiger partial charge in [0.15, 0.2) is 0 Å². The number of hydrogen-bond donors (Lipinski definition) is 2. The third-order valence-electron chi connectivity index (χ3n) is 4.46. The van der Waals surface area contributed by atoms with Crippen LogP contribution in [-0.2, 0) is 9.59 Å². The van der Waals surface area contributed by atoms with Crippen molar-refractivity contribution in [2.45, 2.75) is 34.6 Å². The number of benzene rings is 2. The summed E-state index contributed by atoms with van der Waals surface area (Å²) < 4.78 is 0. The molecule has 2 rings (SSSR count). The number of hydrogen-bond acceptors (Lipinski definition) is 3. The molecule has 2 N–H and O–H groups in total. The minimum absolute atomic E-state index is 0.0745. The summed E-state index contributed by atoms with van der Waals surface area (Å²) in [6.45, 7) is 9.09. The van der Waals surface area contributed by atoms with Crippen LogP contribution in [0.1, 0.15) is 39.5 Å². The fraction of sp³-hybridized carbons (Fsp3) is 0.318. The van der Waals surface area contributed by atoms with Crippen LogP contribution >= 0.6 is 0 Å². The van der Waals surface area contributed by atoms with Gasteiger partial charge in [0.25, 0.3) is 5.91 Å². The van der Waals surface area contributed by atoms with E-state index in [1.54, 1.807) is 25.2 Å². The highest BCUT2D eigenvalue weighted by molar-refractivity contribution is 6.01. The van der Waals surface area contributed by atoms with Crippen molar-refractivity contribution in [2.24, 2.45) is 0 Å². The SMILES string of the molecule is CC(=O)Nc1cc(C(=O)N(C)CC(=O)Nc2c(C)cc(C)cc2C)ccc1C. The molecule has 2 aromatic carbocycles. The molecule has 0 spiro atoms.